The third-order valence-corrected chi connectivity index (χ3v) is 2.88. The largest absolute Gasteiger partial charge is 0.385 e. The SMILES string of the molecule is CC1OCCC1CNc1ccccc1. The van der Waals surface area contributed by atoms with Crippen LogP contribution in [0.15, 0.2) is 30.3 Å². The first-order chi connectivity index (χ1) is 6.86. The van der Waals surface area contributed by atoms with Crippen molar-refractivity contribution in [3.63, 3.8) is 0 Å². The van der Waals surface area contributed by atoms with Gasteiger partial charge in [-0.1, -0.05) is 18.2 Å². The number of para-hydroxylation sites is 1. The standard InChI is InChI=1S/C12H17NO/c1-10-11(7-8-14-10)9-13-12-5-3-2-4-6-12/h2-6,10-11,13H,7-9H2,1H3. The van der Waals surface area contributed by atoms with Gasteiger partial charge in [-0.25, -0.2) is 0 Å². The van der Waals surface area contributed by atoms with E-state index in [0.29, 0.717) is 12.0 Å². The van der Waals surface area contributed by atoms with E-state index in [1.54, 1.807) is 0 Å². The van der Waals surface area contributed by atoms with Crippen LogP contribution in [0.5, 0.6) is 0 Å². The smallest absolute Gasteiger partial charge is 0.0592 e. The molecular weight excluding hydrogens is 174 g/mol. The molecule has 1 N–H and O–H groups in total. The zero-order valence-corrected chi connectivity index (χ0v) is 8.57. The van der Waals surface area contributed by atoms with Crippen molar-refractivity contribution in [1.29, 1.82) is 0 Å². The van der Waals surface area contributed by atoms with E-state index in [1.165, 1.54) is 12.1 Å². The Labute approximate surface area is 85.3 Å². The van der Waals surface area contributed by atoms with Crippen LogP contribution in [0.4, 0.5) is 5.69 Å². The summed E-state index contributed by atoms with van der Waals surface area (Å²) in [5.74, 6) is 0.662. The van der Waals surface area contributed by atoms with E-state index in [-0.39, 0.29) is 0 Å². The van der Waals surface area contributed by atoms with E-state index in [0.717, 1.165) is 13.2 Å². The molecule has 2 nitrogen and oxygen atoms in total. The lowest BCUT2D eigenvalue weighted by Crippen LogP contribution is -2.20. The summed E-state index contributed by atoms with van der Waals surface area (Å²) in [5, 5.41) is 3.44. The summed E-state index contributed by atoms with van der Waals surface area (Å²) >= 11 is 0. The van der Waals surface area contributed by atoms with Crippen LogP contribution < -0.4 is 5.32 Å². The number of nitrogens with one attached hydrogen (secondary N) is 1. The van der Waals surface area contributed by atoms with Gasteiger partial charge in [0.25, 0.3) is 0 Å². The van der Waals surface area contributed by atoms with Crippen LogP contribution in [-0.4, -0.2) is 19.3 Å². The second-order valence-corrected chi connectivity index (χ2v) is 3.87. The van der Waals surface area contributed by atoms with Crippen LogP contribution >= 0.6 is 0 Å². The van der Waals surface area contributed by atoms with Gasteiger partial charge >= 0.3 is 0 Å². The Morgan fingerprint density at radius 2 is 2.14 bits per heavy atom. The molecule has 76 valence electrons. The molecule has 0 aliphatic carbocycles. The van der Waals surface area contributed by atoms with Gasteiger partial charge < -0.3 is 10.1 Å². The van der Waals surface area contributed by atoms with Crippen LogP contribution in [0.1, 0.15) is 13.3 Å². The first kappa shape index (κ1) is 9.53. The highest BCUT2D eigenvalue weighted by molar-refractivity contribution is 5.42. The molecule has 0 radical (unpaired) electrons. The van der Waals surface area contributed by atoms with E-state index in [2.05, 4.69) is 36.5 Å². The highest BCUT2D eigenvalue weighted by Gasteiger charge is 2.23. The number of hydrogen-bond acceptors (Lipinski definition) is 2. The number of ether oxygens (including phenoxy) is 1. The summed E-state index contributed by atoms with van der Waals surface area (Å²) < 4.78 is 5.51. The molecule has 2 rings (SSSR count). The van der Waals surface area contributed by atoms with Crippen LogP contribution in [0.25, 0.3) is 0 Å². The van der Waals surface area contributed by atoms with Crippen molar-refractivity contribution in [2.24, 2.45) is 5.92 Å². The first-order valence-corrected chi connectivity index (χ1v) is 5.27. The zero-order valence-electron chi connectivity index (χ0n) is 8.57. The second kappa shape index (κ2) is 4.47. The molecule has 0 spiro atoms. The van der Waals surface area contributed by atoms with Gasteiger partial charge in [-0.3, -0.25) is 0 Å². The summed E-state index contributed by atoms with van der Waals surface area (Å²) in [4.78, 5) is 0. The average Bonchev–Trinajstić information content (AvgIpc) is 2.63. The minimum Gasteiger partial charge on any atom is -0.385 e. The fraction of sp³-hybridized carbons (Fsp3) is 0.500. The van der Waals surface area contributed by atoms with E-state index in [4.69, 9.17) is 4.74 Å². The highest BCUT2D eigenvalue weighted by Crippen LogP contribution is 2.20. The molecule has 14 heavy (non-hydrogen) atoms. The Kier molecular flexibility index (Phi) is 3.04. The third-order valence-electron chi connectivity index (χ3n) is 2.88. The average molecular weight is 191 g/mol. The molecule has 1 aliphatic rings. The maximum atomic E-state index is 5.51. The normalized spacial score (nSPS) is 26.4. The Morgan fingerprint density at radius 3 is 2.79 bits per heavy atom. The molecular formula is C12H17NO. The van der Waals surface area contributed by atoms with E-state index in [9.17, 15) is 0 Å². The fourth-order valence-corrected chi connectivity index (χ4v) is 1.85. The molecule has 0 amide bonds. The molecule has 1 aromatic carbocycles. The van der Waals surface area contributed by atoms with Crippen LogP contribution in [0.2, 0.25) is 0 Å². The van der Waals surface area contributed by atoms with Crippen molar-refractivity contribution < 1.29 is 4.74 Å². The van der Waals surface area contributed by atoms with Gasteiger partial charge in [0.15, 0.2) is 0 Å². The Balaban J connectivity index is 1.82. The molecule has 0 saturated carbocycles. The Morgan fingerprint density at radius 1 is 1.36 bits per heavy atom. The van der Waals surface area contributed by atoms with Crippen molar-refractivity contribution in [2.45, 2.75) is 19.4 Å². The first-order valence-electron chi connectivity index (χ1n) is 5.27. The molecule has 2 atom stereocenters. The summed E-state index contributed by atoms with van der Waals surface area (Å²) in [6.45, 7) is 4.10. The predicted octanol–water partition coefficient (Wildman–Crippen LogP) is 2.52. The molecule has 1 saturated heterocycles. The van der Waals surface area contributed by atoms with Gasteiger partial charge in [0, 0.05) is 24.8 Å². The number of anilines is 1. The number of hydrogen-bond donors (Lipinski definition) is 1. The van der Waals surface area contributed by atoms with Gasteiger partial charge in [0.05, 0.1) is 6.10 Å². The van der Waals surface area contributed by atoms with Crippen molar-refractivity contribution in [1.82, 2.24) is 0 Å². The molecule has 2 unspecified atom stereocenters. The maximum Gasteiger partial charge on any atom is 0.0592 e. The topological polar surface area (TPSA) is 21.3 Å². The molecule has 0 aromatic heterocycles. The minimum absolute atomic E-state index is 0.409. The van der Waals surface area contributed by atoms with Crippen molar-refractivity contribution in [3.05, 3.63) is 30.3 Å². The molecule has 2 heteroatoms. The van der Waals surface area contributed by atoms with Gasteiger partial charge in [-0.05, 0) is 25.5 Å². The molecule has 1 aliphatic heterocycles. The van der Waals surface area contributed by atoms with Crippen LogP contribution in [0, 0.1) is 5.92 Å². The zero-order chi connectivity index (χ0) is 9.80. The highest BCUT2D eigenvalue weighted by atomic mass is 16.5. The molecule has 0 bridgehead atoms. The summed E-state index contributed by atoms with van der Waals surface area (Å²) in [6, 6.07) is 10.3. The minimum atomic E-state index is 0.409. The predicted molar refractivity (Wildman–Crippen MR) is 58.5 cm³/mol. The van der Waals surface area contributed by atoms with Crippen molar-refractivity contribution in [3.8, 4) is 0 Å². The maximum absolute atomic E-state index is 5.51. The lowest BCUT2D eigenvalue weighted by Gasteiger charge is -2.15. The Hall–Kier alpha value is -1.02. The van der Waals surface area contributed by atoms with Crippen LogP contribution in [-0.2, 0) is 4.74 Å². The summed E-state index contributed by atoms with van der Waals surface area (Å²) in [6.07, 6.45) is 1.59. The van der Waals surface area contributed by atoms with Crippen molar-refractivity contribution in [2.75, 3.05) is 18.5 Å². The monoisotopic (exact) mass is 191 g/mol. The summed E-state index contributed by atoms with van der Waals surface area (Å²) in [7, 11) is 0. The molecule has 1 fully saturated rings. The van der Waals surface area contributed by atoms with E-state index >= 15 is 0 Å². The molecule has 1 aromatic rings. The lowest BCUT2D eigenvalue weighted by molar-refractivity contribution is 0.108. The van der Waals surface area contributed by atoms with Gasteiger partial charge in [0.1, 0.15) is 0 Å². The Bertz CT molecular complexity index is 273. The lowest BCUT2D eigenvalue weighted by atomic mass is 10.0. The quantitative estimate of drug-likeness (QED) is 0.792. The second-order valence-electron chi connectivity index (χ2n) is 3.87. The van der Waals surface area contributed by atoms with E-state index < -0.39 is 0 Å². The van der Waals surface area contributed by atoms with Gasteiger partial charge in [-0.2, -0.15) is 0 Å². The number of rotatable bonds is 3. The molecule has 1 heterocycles. The third kappa shape index (κ3) is 2.26. The van der Waals surface area contributed by atoms with Gasteiger partial charge in [-0.15, -0.1) is 0 Å². The van der Waals surface area contributed by atoms with Crippen LogP contribution in [0.3, 0.4) is 0 Å². The fourth-order valence-electron chi connectivity index (χ4n) is 1.85. The summed E-state index contributed by atoms with van der Waals surface area (Å²) in [5.41, 5.74) is 1.20. The number of benzene rings is 1. The van der Waals surface area contributed by atoms with Crippen molar-refractivity contribution >= 4 is 5.69 Å². The van der Waals surface area contributed by atoms with Gasteiger partial charge in [0.2, 0.25) is 0 Å². The van der Waals surface area contributed by atoms with E-state index in [1.807, 2.05) is 6.07 Å².